The van der Waals surface area contributed by atoms with Crippen LogP contribution >= 0.6 is 11.6 Å². The van der Waals surface area contributed by atoms with Crippen LogP contribution in [0, 0.1) is 0 Å². The molecule has 1 fully saturated rings. The molecule has 35 heavy (non-hydrogen) atoms. The largest absolute Gasteiger partial charge is 0.495 e. The molecule has 5 aromatic rings. The molecule has 0 saturated heterocycles. The molecule has 0 aliphatic heterocycles. The first-order valence-corrected chi connectivity index (χ1v) is 12.1. The summed E-state index contributed by atoms with van der Waals surface area (Å²) in [7, 11) is 3.58. The fraction of sp³-hybridized carbons (Fsp3) is 0.222. The fourth-order valence-corrected chi connectivity index (χ4v) is 4.89. The lowest BCUT2D eigenvalue weighted by Crippen LogP contribution is -2.28. The average Bonchev–Trinajstić information content (AvgIpc) is 3.45. The number of aryl methyl sites for hydroxylation is 1. The van der Waals surface area contributed by atoms with E-state index in [-0.39, 0.29) is 0 Å². The van der Waals surface area contributed by atoms with Crippen molar-refractivity contribution >= 4 is 22.9 Å². The SMILES string of the molecule is COc1cccc(-c2cn3nc(-c4nccn4C)nc(NC4CCC4)c3c2-c2ccccc2)c1Cl. The maximum atomic E-state index is 6.82. The van der Waals surface area contributed by atoms with Gasteiger partial charge in [-0.05, 0) is 30.9 Å². The van der Waals surface area contributed by atoms with Crippen LogP contribution in [-0.2, 0) is 7.05 Å². The van der Waals surface area contributed by atoms with Crippen molar-refractivity contribution < 1.29 is 4.74 Å². The highest BCUT2D eigenvalue weighted by molar-refractivity contribution is 6.35. The summed E-state index contributed by atoms with van der Waals surface area (Å²) in [5, 5.41) is 9.16. The van der Waals surface area contributed by atoms with Crippen LogP contribution in [0.4, 0.5) is 5.82 Å². The lowest BCUT2D eigenvalue weighted by atomic mass is 9.93. The van der Waals surface area contributed by atoms with Gasteiger partial charge in [0, 0.05) is 48.4 Å². The van der Waals surface area contributed by atoms with Crippen LogP contribution in [0.25, 0.3) is 39.4 Å². The van der Waals surface area contributed by atoms with E-state index in [4.69, 9.17) is 26.4 Å². The predicted octanol–water partition coefficient (Wildman–Crippen LogP) is 6.09. The number of rotatable bonds is 6. The standard InChI is InChI=1S/C27H25ClN6O/c1-33-15-14-29-27(33)26-31-25(30-18-10-6-11-18)24-22(17-8-4-3-5-9-17)20(16-34(24)32-26)19-12-7-13-21(35-2)23(19)28/h3-5,7-9,12-16,18H,6,10-11H2,1-2H3,(H,30,31,32). The number of methoxy groups -OCH3 is 1. The molecular formula is C27H25ClN6O. The number of ether oxygens (including phenoxy) is 1. The van der Waals surface area contributed by atoms with Gasteiger partial charge in [0.05, 0.1) is 12.1 Å². The van der Waals surface area contributed by atoms with Crippen LogP contribution in [0.3, 0.4) is 0 Å². The van der Waals surface area contributed by atoms with Crippen LogP contribution in [-0.4, -0.2) is 37.3 Å². The molecule has 0 bridgehead atoms. The molecule has 0 amide bonds. The molecule has 6 rings (SSSR count). The number of fused-ring (bicyclic) bond motifs is 1. The fourth-order valence-electron chi connectivity index (χ4n) is 4.58. The number of halogens is 1. The summed E-state index contributed by atoms with van der Waals surface area (Å²) >= 11 is 6.82. The molecule has 8 heteroatoms. The van der Waals surface area contributed by atoms with Gasteiger partial charge in [0.1, 0.15) is 11.3 Å². The Morgan fingerprint density at radius 1 is 1.06 bits per heavy atom. The van der Waals surface area contributed by atoms with E-state index in [1.165, 1.54) is 6.42 Å². The highest BCUT2D eigenvalue weighted by atomic mass is 35.5. The number of anilines is 1. The number of imidazole rings is 1. The molecule has 7 nitrogen and oxygen atoms in total. The molecule has 1 aliphatic carbocycles. The van der Waals surface area contributed by atoms with Gasteiger partial charge in [-0.3, -0.25) is 0 Å². The number of hydrogen-bond donors (Lipinski definition) is 1. The van der Waals surface area contributed by atoms with Crippen molar-refractivity contribution in [1.82, 2.24) is 24.1 Å². The summed E-state index contributed by atoms with van der Waals surface area (Å²) in [4.78, 5) is 9.48. The quantitative estimate of drug-likeness (QED) is 0.316. The Bertz CT molecular complexity index is 1520. The second kappa shape index (κ2) is 8.74. The highest BCUT2D eigenvalue weighted by Crippen LogP contribution is 2.44. The van der Waals surface area contributed by atoms with Gasteiger partial charge in [0.15, 0.2) is 11.6 Å². The van der Waals surface area contributed by atoms with E-state index < -0.39 is 0 Å². The Labute approximate surface area is 208 Å². The van der Waals surface area contributed by atoms with E-state index in [0.29, 0.717) is 28.5 Å². The first-order valence-electron chi connectivity index (χ1n) is 11.7. The van der Waals surface area contributed by atoms with Crippen LogP contribution < -0.4 is 10.1 Å². The van der Waals surface area contributed by atoms with Crippen molar-refractivity contribution in [1.29, 1.82) is 0 Å². The average molecular weight is 485 g/mol. The minimum absolute atomic E-state index is 0.394. The lowest BCUT2D eigenvalue weighted by molar-refractivity contribution is 0.415. The van der Waals surface area contributed by atoms with E-state index in [9.17, 15) is 0 Å². The maximum absolute atomic E-state index is 6.82. The van der Waals surface area contributed by atoms with E-state index in [1.807, 2.05) is 64.9 Å². The molecule has 1 saturated carbocycles. The third-order valence-electron chi connectivity index (χ3n) is 6.63. The van der Waals surface area contributed by atoms with Crippen LogP contribution in [0.2, 0.25) is 5.02 Å². The van der Waals surface area contributed by atoms with Gasteiger partial charge < -0.3 is 14.6 Å². The monoisotopic (exact) mass is 484 g/mol. The summed E-state index contributed by atoms with van der Waals surface area (Å²) in [5.74, 6) is 2.70. The number of hydrogen-bond acceptors (Lipinski definition) is 5. The van der Waals surface area contributed by atoms with Gasteiger partial charge in [0.2, 0.25) is 5.82 Å². The van der Waals surface area contributed by atoms with E-state index in [1.54, 1.807) is 13.3 Å². The molecule has 1 N–H and O–H groups in total. The second-order valence-corrected chi connectivity index (χ2v) is 9.19. The zero-order chi connectivity index (χ0) is 23.9. The first kappa shape index (κ1) is 21.7. The van der Waals surface area contributed by atoms with Crippen molar-refractivity contribution in [2.24, 2.45) is 7.05 Å². The van der Waals surface area contributed by atoms with Crippen molar-refractivity contribution in [3.05, 3.63) is 72.1 Å². The van der Waals surface area contributed by atoms with Crippen molar-refractivity contribution in [3.8, 4) is 39.7 Å². The third-order valence-corrected chi connectivity index (χ3v) is 7.02. The highest BCUT2D eigenvalue weighted by Gasteiger charge is 2.26. The van der Waals surface area contributed by atoms with Gasteiger partial charge >= 0.3 is 0 Å². The molecule has 0 radical (unpaired) electrons. The number of aromatic nitrogens is 5. The smallest absolute Gasteiger partial charge is 0.218 e. The number of benzene rings is 2. The third kappa shape index (κ3) is 3.72. The summed E-state index contributed by atoms with van der Waals surface area (Å²) in [5.41, 5.74) is 4.84. The molecule has 1 aliphatic rings. The van der Waals surface area contributed by atoms with Crippen molar-refractivity contribution in [3.63, 3.8) is 0 Å². The number of nitrogens with one attached hydrogen (secondary N) is 1. The molecule has 0 spiro atoms. The number of nitrogens with zero attached hydrogens (tertiary/aromatic N) is 5. The maximum Gasteiger partial charge on any atom is 0.218 e. The van der Waals surface area contributed by atoms with Gasteiger partial charge in [-0.1, -0.05) is 54.1 Å². The molecule has 3 heterocycles. The van der Waals surface area contributed by atoms with Crippen LogP contribution in [0.15, 0.2) is 67.1 Å². The van der Waals surface area contributed by atoms with Gasteiger partial charge in [-0.2, -0.15) is 0 Å². The van der Waals surface area contributed by atoms with Gasteiger partial charge in [0.25, 0.3) is 0 Å². The minimum atomic E-state index is 0.394. The van der Waals surface area contributed by atoms with Gasteiger partial charge in [-0.25, -0.2) is 14.5 Å². The molecule has 2 aromatic carbocycles. The topological polar surface area (TPSA) is 69.3 Å². The van der Waals surface area contributed by atoms with E-state index in [2.05, 4.69) is 22.4 Å². The van der Waals surface area contributed by atoms with Crippen LogP contribution in [0.5, 0.6) is 5.75 Å². The van der Waals surface area contributed by atoms with E-state index in [0.717, 1.165) is 46.4 Å². The Morgan fingerprint density at radius 3 is 2.57 bits per heavy atom. The first-order chi connectivity index (χ1) is 17.1. The molecular weight excluding hydrogens is 460 g/mol. The predicted molar refractivity (Wildman–Crippen MR) is 139 cm³/mol. The Hall–Kier alpha value is -3.84. The lowest BCUT2D eigenvalue weighted by Gasteiger charge is -2.27. The van der Waals surface area contributed by atoms with Crippen molar-refractivity contribution in [2.75, 3.05) is 12.4 Å². The second-order valence-electron chi connectivity index (χ2n) is 8.82. The molecule has 176 valence electrons. The summed E-state index contributed by atoms with van der Waals surface area (Å²) < 4.78 is 9.35. The Kier molecular flexibility index (Phi) is 5.41. The minimum Gasteiger partial charge on any atom is -0.495 e. The zero-order valence-corrected chi connectivity index (χ0v) is 20.3. The summed E-state index contributed by atoms with van der Waals surface area (Å²) in [6, 6.07) is 16.5. The molecule has 3 aromatic heterocycles. The Balaban J connectivity index is 1.67. The molecule has 0 atom stereocenters. The van der Waals surface area contributed by atoms with Gasteiger partial charge in [-0.15, -0.1) is 5.10 Å². The van der Waals surface area contributed by atoms with Crippen LogP contribution in [0.1, 0.15) is 19.3 Å². The van der Waals surface area contributed by atoms with Crippen molar-refractivity contribution in [2.45, 2.75) is 25.3 Å². The zero-order valence-electron chi connectivity index (χ0n) is 19.6. The normalized spacial score (nSPS) is 13.7. The Morgan fingerprint density at radius 2 is 1.89 bits per heavy atom. The summed E-state index contributed by atoms with van der Waals surface area (Å²) in [6.07, 6.45) is 9.16. The molecule has 0 unspecified atom stereocenters. The summed E-state index contributed by atoms with van der Waals surface area (Å²) in [6.45, 7) is 0. The van der Waals surface area contributed by atoms with E-state index >= 15 is 0 Å².